The Hall–Kier alpha value is -5.95. The minimum atomic E-state index is -0.131. The van der Waals surface area contributed by atoms with Crippen molar-refractivity contribution < 1.29 is 8.83 Å². The number of para-hydroxylation sites is 2. The van der Waals surface area contributed by atoms with E-state index in [9.17, 15) is 0 Å². The van der Waals surface area contributed by atoms with Crippen LogP contribution in [0.5, 0.6) is 0 Å². The SMILES string of the molecule is c1ccc(B2c3c(oc4ccccc34)N(c3nc(-c4ccccc4)nc(-c4ccccc4)n3)c3oc4ccccc4c32)cc1. The second-order valence-electron chi connectivity index (χ2n) is 10.8. The summed E-state index contributed by atoms with van der Waals surface area (Å²) >= 11 is 0. The topological polar surface area (TPSA) is 68.2 Å². The predicted molar refractivity (Wildman–Crippen MR) is 176 cm³/mol. The van der Waals surface area contributed by atoms with Gasteiger partial charge in [-0.05, 0) is 12.1 Å². The fourth-order valence-electron chi connectivity index (χ4n) is 6.29. The normalized spacial score (nSPS) is 12.5. The lowest BCUT2D eigenvalue weighted by Crippen LogP contribution is -2.56. The molecule has 8 aromatic rings. The summed E-state index contributed by atoms with van der Waals surface area (Å²) in [6, 6.07) is 46.8. The number of fused-ring (bicyclic) bond motifs is 6. The first kappa shape index (κ1) is 24.6. The lowest BCUT2D eigenvalue weighted by molar-refractivity contribution is 0.581. The van der Waals surface area contributed by atoms with Gasteiger partial charge in [0.15, 0.2) is 11.6 Å². The summed E-state index contributed by atoms with van der Waals surface area (Å²) in [4.78, 5) is 17.0. The van der Waals surface area contributed by atoms with Gasteiger partial charge in [0.2, 0.25) is 17.7 Å². The van der Waals surface area contributed by atoms with Gasteiger partial charge in [0, 0.05) is 32.8 Å². The van der Waals surface area contributed by atoms with E-state index < -0.39 is 0 Å². The van der Waals surface area contributed by atoms with E-state index in [1.165, 1.54) is 0 Å². The van der Waals surface area contributed by atoms with E-state index in [0.29, 0.717) is 29.4 Å². The van der Waals surface area contributed by atoms with Crippen molar-refractivity contribution >= 4 is 62.8 Å². The maximum atomic E-state index is 6.72. The van der Waals surface area contributed by atoms with E-state index in [1.807, 2.05) is 95.9 Å². The Kier molecular flexibility index (Phi) is 5.50. The van der Waals surface area contributed by atoms with Crippen molar-refractivity contribution in [1.29, 1.82) is 0 Å². The van der Waals surface area contributed by atoms with Crippen molar-refractivity contribution in [3.05, 3.63) is 140 Å². The van der Waals surface area contributed by atoms with E-state index in [1.54, 1.807) is 0 Å². The molecule has 206 valence electrons. The molecule has 1 aliphatic rings. The van der Waals surface area contributed by atoms with Crippen LogP contribution in [0, 0.1) is 0 Å². The molecule has 0 atom stereocenters. The second kappa shape index (κ2) is 9.82. The Morgan fingerprint density at radius 3 is 1.39 bits per heavy atom. The zero-order chi connectivity index (χ0) is 29.0. The van der Waals surface area contributed by atoms with Crippen LogP contribution in [0.3, 0.4) is 0 Å². The van der Waals surface area contributed by atoms with E-state index >= 15 is 0 Å². The molecule has 0 amide bonds. The highest BCUT2D eigenvalue weighted by atomic mass is 16.4. The van der Waals surface area contributed by atoms with Gasteiger partial charge >= 0.3 is 0 Å². The largest absolute Gasteiger partial charge is 0.440 e. The molecule has 9 rings (SSSR count). The fraction of sp³-hybridized carbons (Fsp3) is 0. The smallest absolute Gasteiger partial charge is 0.257 e. The Morgan fingerprint density at radius 2 is 0.886 bits per heavy atom. The average molecular weight is 566 g/mol. The van der Waals surface area contributed by atoms with E-state index in [0.717, 1.165) is 49.5 Å². The summed E-state index contributed by atoms with van der Waals surface area (Å²) < 4.78 is 13.4. The first-order chi connectivity index (χ1) is 21.8. The minimum absolute atomic E-state index is 0.131. The third-order valence-corrected chi connectivity index (χ3v) is 8.23. The molecule has 44 heavy (non-hydrogen) atoms. The molecular weight excluding hydrogens is 543 g/mol. The summed E-state index contributed by atoms with van der Waals surface area (Å²) in [6.07, 6.45) is 0. The predicted octanol–water partition coefficient (Wildman–Crippen LogP) is 7.00. The van der Waals surface area contributed by atoms with E-state index in [-0.39, 0.29) is 6.71 Å². The van der Waals surface area contributed by atoms with Crippen LogP contribution in [0.15, 0.2) is 148 Å². The van der Waals surface area contributed by atoms with Crippen molar-refractivity contribution in [2.45, 2.75) is 0 Å². The monoisotopic (exact) mass is 566 g/mol. The zero-order valence-electron chi connectivity index (χ0n) is 23.5. The number of hydrogen-bond acceptors (Lipinski definition) is 6. The molecule has 1 aliphatic heterocycles. The van der Waals surface area contributed by atoms with Crippen molar-refractivity contribution in [2.75, 3.05) is 4.90 Å². The van der Waals surface area contributed by atoms with Gasteiger partial charge in [0.05, 0.1) is 0 Å². The molecule has 4 heterocycles. The Bertz CT molecular complexity index is 2160. The second-order valence-corrected chi connectivity index (χ2v) is 10.8. The van der Waals surface area contributed by atoms with Crippen LogP contribution in [0.25, 0.3) is 44.7 Å². The van der Waals surface area contributed by atoms with Crippen LogP contribution in [0.2, 0.25) is 0 Å². The Morgan fingerprint density at radius 1 is 0.455 bits per heavy atom. The van der Waals surface area contributed by atoms with Crippen LogP contribution in [-0.4, -0.2) is 21.7 Å². The molecular formula is C37H23BN4O2. The Balaban J connectivity index is 1.39. The molecule has 0 fully saturated rings. The summed E-state index contributed by atoms with van der Waals surface area (Å²) in [5.74, 6) is 2.82. The van der Waals surface area contributed by atoms with Gasteiger partial charge < -0.3 is 8.83 Å². The van der Waals surface area contributed by atoms with E-state index in [2.05, 4.69) is 48.5 Å². The number of anilines is 3. The molecule has 0 saturated heterocycles. The molecule has 6 nitrogen and oxygen atoms in total. The first-order valence-electron chi connectivity index (χ1n) is 14.6. The lowest BCUT2D eigenvalue weighted by Gasteiger charge is -2.28. The van der Waals surface area contributed by atoms with Gasteiger partial charge in [0.25, 0.3) is 6.71 Å². The zero-order valence-corrected chi connectivity index (χ0v) is 23.5. The van der Waals surface area contributed by atoms with Crippen LogP contribution in [0.4, 0.5) is 17.7 Å². The summed E-state index contributed by atoms with van der Waals surface area (Å²) in [5.41, 5.74) is 6.61. The quantitative estimate of drug-likeness (QED) is 0.214. The van der Waals surface area contributed by atoms with E-state index in [4.69, 9.17) is 23.8 Å². The molecule has 0 unspecified atom stereocenters. The minimum Gasteiger partial charge on any atom is -0.440 e. The number of furan rings is 2. The Labute approximate surface area is 253 Å². The van der Waals surface area contributed by atoms with Crippen molar-refractivity contribution in [3.8, 4) is 22.8 Å². The van der Waals surface area contributed by atoms with Gasteiger partial charge in [-0.2, -0.15) is 9.97 Å². The third-order valence-electron chi connectivity index (χ3n) is 8.23. The van der Waals surface area contributed by atoms with Crippen molar-refractivity contribution in [1.82, 2.24) is 15.0 Å². The molecule has 3 aromatic heterocycles. The van der Waals surface area contributed by atoms with Crippen LogP contribution in [-0.2, 0) is 0 Å². The van der Waals surface area contributed by atoms with Crippen LogP contribution >= 0.6 is 0 Å². The standard InChI is InChI=1S/C37H23BN4O2/c1-4-14-24(15-5-1)33-39-34(25-16-6-2-7-17-25)41-37(40-33)42-35-31(27-20-10-12-22-29(27)43-35)38(26-18-8-3-9-19-26)32-28-21-11-13-23-30(28)44-36(32)42/h1-23H. The lowest BCUT2D eigenvalue weighted by atomic mass is 9.35. The molecule has 0 bridgehead atoms. The van der Waals surface area contributed by atoms with Gasteiger partial charge in [-0.25, -0.2) is 9.88 Å². The number of rotatable bonds is 4. The van der Waals surface area contributed by atoms with Crippen molar-refractivity contribution in [3.63, 3.8) is 0 Å². The average Bonchev–Trinajstić information content (AvgIpc) is 3.67. The first-order valence-corrected chi connectivity index (χ1v) is 14.6. The number of hydrogen-bond donors (Lipinski definition) is 0. The fourth-order valence-corrected chi connectivity index (χ4v) is 6.29. The third kappa shape index (κ3) is 3.79. The highest BCUT2D eigenvalue weighted by Crippen LogP contribution is 2.41. The molecule has 0 N–H and O–H groups in total. The number of nitrogens with zero attached hydrogens (tertiary/aromatic N) is 4. The molecule has 0 radical (unpaired) electrons. The summed E-state index contributed by atoms with van der Waals surface area (Å²) in [7, 11) is 0. The van der Waals surface area contributed by atoms with Gasteiger partial charge in [-0.15, -0.1) is 0 Å². The van der Waals surface area contributed by atoms with Crippen molar-refractivity contribution in [2.24, 2.45) is 0 Å². The van der Waals surface area contributed by atoms with Crippen LogP contribution in [0.1, 0.15) is 0 Å². The summed E-state index contributed by atoms with van der Waals surface area (Å²) in [5, 5.41) is 2.08. The summed E-state index contributed by atoms with van der Waals surface area (Å²) in [6.45, 7) is -0.131. The molecule has 5 aromatic carbocycles. The molecule has 0 aliphatic carbocycles. The van der Waals surface area contributed by atoms with Gasteiger partial charge in [-0.1, -0.05) is 133 Å². The van der Waals surface area contributed by atoms with Gasteiger partial charge in [0.1, 0.15) is 11.2 Å². The molecule has 0 saturated carbocycles. The maximum absolute atomic E-state index is 6.72. The molecule has 0 spiro atoms. The highest BCUT2D eigenvalue weighted by Gasteiger charge is 2.44. The number of aromatic nitrogens is 3. The maximum Gasteiger partial charge on any atom is 0.257 e. The van der Waals surface area contributed by atoms with Crippen LogP contribution < -0.4 is 21.3 Å². The molecule has 7 heteroatoms. The highest BCUT2D eigenvalue weighted by molar-refractivity contribution is 7.00. The van der Waals surface area contributed by atoms with Gasteiger partial charge in [-0.3, -0.25) is 0 Å². The number of benzene rings is 5.